The molecule has 0 amide bonds. The fourth-order valence-electron chi connectivity index (χ4n) is 1.18. The van der Waals surface area contributed by atoms with Crippen LogP contribution in [0.5, 0.6) is 0 Å². The molecule has 3 nitrogen and oxygen atoms in total. The molecule has 66 valence electrons. The molecule has 13 heavy (non-hydrogen) atoms. The van der Waals surface area contributed by atoms with E-state index in [1.54, 1.807) is 7.05 Å². The van der Waals surface area contributed by atoms with Gasteiger partial charge in [0.1, 0.15) is 5.82 Å². The molecule has 0 saturated carbocycles. The summed E-state index contributed by atoms with van der Waals surface area (Å²) in [7, 11) is 1.61. The van der Waals surface area contributed by atoms with Gasteiger partial charge in [-0.15, -0.1) is 0 Å². The molecule has 0 radical (unpaired) electrons. The summed E-state index contributed by atoms with van der Waals surface area (Å²) < 4.78 is 14.1. The van der Waals surface area contributed by atoms with Gasteiger partial charge in [-0.3, -0.25) is 4.79 Å². The number of fused-ring (bicyclic) bond motifs is 1. The van der Waals surface area contributed by atoms with Crippen LogP contribution in [0.2, 0.25) is 0 Å². The average Bonchev–Trinajstić information content (AvgIpc) is 2.12. The molecule has 0 aliphatic carbocycles. The van der Waals surface area contributed by atoms with Gasteiger partial charge in [-0.05, 0) is 12.1 Å². The van der Waals surface area contributed by atoms with Crippen molar-refractivity contribution in [1.82, 2.24) is 9.55 Å². The summed E-state index contributed by atoms with van der Waals surface area (Å²) in [5.74, 6) is -0.381. The lowest BCUT2D eigenvalue weighted by Crippen LogP contribution is -2.16. The van der Waals surface area contributed by atoms with E-state index in [9.17, 15) is 9.18 Å². The van der Waals surface area contributed by atoms with Crippen LogP contribution < -0.4 is 5.56 Å². The van der Waals surface area contributed by atoms with Gasteiger partial charge in [-0.1, -0.05) is 0 Å². The highest BCUT2D eigenvalue weighted by atomic mass is 19.1. The zero-order valence-corrected chi connectivity index (χ0v) is 6.99. The van der Waals surface area contributed by atoms with Crippen LogP contribution in [0.15, 0.2) is 29.3 Å². The number of hydrogen-bond donors (Lipinski definition) is 0. The molecule has 0 aliphatic heterocycles. The Morgan fingerprint density at radius 3 is 3.00 bits per heavy atom. The molecule has 1 aromatic heterocycles. The molecule has 2 aromatic rings. The van der Waals surface area contributed by atoms with E-state index in [1.807, 2.05) is 0 Å². The molecule has 0 aliphatic rings. The van der Waals surface area contributed by atoms with E-state index in [2.05, 4.69) is 4.98 Å². The van der Waals surface area contributed by atoms with Gasteiger partial charge in [-0.25, -0.2) is 9.37 Å². The topological polar surface area (TPSA) is 34.9 Å². The summed E-state index contributed by atoms with van der Waals surface area (Å²) in [5, 5.41) is 0.436. The Labute approximate surface area is 73.5 Å². The normalized spacial score (nSPS) is 10.6. The van der Waals surface area contributed by atoms with Crippen LogP contribution in [0.4, 0.5) is 4.39 Å². The molecule has 0 fully saturated rings. The fraction of sp³-hybridized carbons (Fsp3) is 0.111. The van der Waals surface area contributed by atoms with Crippen LogP contribution in [-0.4, -0.2) is 9.55 Å². The van der Waals surface area contributed by atoms with Crippen LogP contribution in [0, 0.1) is 5.82 Å². The maximum atomic E-state index is 12.7. The van der Waals surface area contributed by atoms with Crippen LogP contribution in [0.1, 0.15) is 0 Å². The Morgan fingerprint density at radius 2 is 2.23 bits per heavy atom. The maximum Gasteiger partial charge on any atom is 0.260 e. The SMILES string of the molecule is Cn1cnc2cc(F)ccc2c1=O. The number of nitrogens with zero attached hydrogens (tertiary/aromatic N) is 2. The minimum absolute atomic E-state index is 0.162. The van der Waals surface area contributed by atoms with Gasteiger partial charge in [0.25, 0.3) is 5.56 Å². The fourth-order valence-corrected chi connectivity index (χ4v) is 1.18. The molecular weight excluding hydrogens is 171 g/mol. The van der Waals surface area contributed by atoms with E-state index in [0.717, 1.165) is 0 Å². The summed E-state index contributed by atoms with van der Waals surface area (Å²) >= 11 is 0. The first-order valence-corrected chi connectivity index (χ1v) is 3.79. The first-order chi connectivity index (χ1) is 6.18. The molecule has 0 atom stereocenters. The Balaban J connectivity index is 2.95. The molecule has 4 heteroatoms. The minimum Gasteiger partial charge on any atom is -0.302 e. The van der Waals surface area contributed by atoms with Gasteiger partial charge >= 0.3 is 0 Å². The van der Waals surface area contributed by atoms with Gasteiger partial charge in [0.2, 0.25) is 0 Å². The zero-order valence-electron chi connectivity index (χ0n) is 6.99. The third-order valence-electron chi connectivity index (χ3n) is 1.88. The van der Waals surface area contributed by atoms with Crippen molar-refractivity contribution in [2.75, 3.05) is 0 Å². The summed E-state index contributed by atoms with van der Waals surface area (Å²) in [6, 6.07) is 3.95. The zero-order chi connectivity index (χ0) is 9.42. The average molecular weight is 178 g/mol. The van der Waals surface area contributed by atoms with Crippen molar-refractivity contribution in [3.8, 4) is 0 Å². The molecule has 0 spiro atoms. The van der Waals surface area contributed by atoms with Crippen molar-refractivity contribution in [2.24, 2.45) is 7.05 Å². The predicted molar refractivity (Wildman–Crippen MR) is 46.9 cm³/mol. The first-order valence-electron chi connectivity index (χ1n) is 3.79. The Hall–Kier alpha value is -1.71. The van der Waals surface area contributed by atoms with Gasteiger partial charge in [0, 0.05) is 13.1 Å². The highest BCUT2D eigenvalue weighted by molar-refractivity contribution is 5.77. The molecule has 0 unspecified atom stereocenters. The van der Waals surface area contributed by atoms with E-state index < -0.39 is 0 Å². The van der Waals surface area contributed by atoms with E-state index in [1.165, 1.54) is 29.1 Å². The van der Waals surface area contributed by atoms with E-state index in [4.69, 9.17) is 0 Å². The lowest BCUT2D eigenvalue weighted by atomic mass is 10.2. The molecule has 1 heterocycles. The largest absolute Gasteiger partial charge is 0.302 e. The summed E-state index contributed by atoms with van der Waals surface area (Å²) in [5.41, 5.74) is 0.230. The van der Waals surface area contributed by atoms with Gasteiger partial charge < -0.3 is 4.57 Å². The van der Waals surface area contributed by atoms with Crippen molar-refractivity contribution in [1.29, 1.82) is 0 Å². The quantitative estimate of drug-likeness (QED) is 0.604. The Bertz CT molecular complexity index is 518. The van der Waals surface area contributed by atoms with Crippen LogP contribution in [0.25, 0.3) is 10.9 Å². The van der Waals surface area contributed by atoms with E-state index in [0.29, 0.717) is 10.9 Å². The molecule has 1 aromatic carbocycles. The Kier molecular flexibility index (Phi) is 1.62. The molecule has 0 N–H and O–H groups in total. The second kappa shape index (κ2) is 2.65. The predicted octanol–water partition coefficient (Wildman–Crippen LogP) is 1.07. The van der Waals surface area contributed by atoms with Crippen molar-refractivity contribution in [3.63, 3.8) is 0 Å². The van der Waals surface area contributed by atoms with E-state index >= 15 is 0 Å². The number of halogens is 1. The highest BCUT2D eigenvalue weighted by Gasteiger charge is 2.01. The van der Waals surface area contributed by atoms with Gasteiger partial charge in [0.05, 0.1) is 17.2 Å². The third-order valence-corrected chi connectivity index (χ3v) is 1.88. The second-order valence-corrected chi connectivity index (χ2v) is 2.82. The van der Waals surface area contributed by atoms with Crippen LogP contribution >= 0.6 is 0 Å². The lowest BCUT2D eigenvalue weighted by molar-refractivity contribution is 0.629. The standard InChI is InChI=1S/C9H7FN2O/c1-12-5-11-8-4-6(10)2-3-7(8)9(12)13/h2-5H,1H3. The molecule has 0 saturated heterocycles. The number of aromatic nitrogens is 2. The van der Waals surface area contributed by atoms with Crippen LogP contribution in [-0.2, 0) is 7.05 Å². The summed E-state index contributed by atoms with van der Waals surface area (Å²) in [6.45, 7) is 0. The third kappa shape index (κ3) is 1.20. The molecule has 0 bridgehead atoms. The number of aryl methyl sites for hydroxylation is 1. The molecular formula is C9H7FN2O. The number of hydrogen-bond acceptors (Lipinski definition) is 2. The first kappa shape index (κ1) is 7.91. The van der Waals surface area contributed by atoms with Crippen molar-refractivity contribution < 1.29 is 4.39 Å². The monoisotopic (exact) mass is 178 g/mol. The second-order valence-electron chi connectivity index (χ2n) is 2.82. The smallest absolute Gasteiger partial charge is 0.260 e. The number of benzene rings is 1. The Morgan fingerprint density at radius 1 is 1.46 bits per heavy atom. The van der Waals surface area contributed by atoms with Crippen molar-refractivity contribution in [3.05, 3.63) is 40.7 Å². The minimum atomic E-state index is -0.381. The van der Waals surface area contributed by atoms with Crippen LogP contribution in [0.3, 0.4) is 0 Å². The van der Waals surface area contributed by atoms with Crippen molar-refractivity contribution >= 4 is 10.9 Å². The number of rotatable bonds is 0. The van der Waals surface area contributed by atoms with Gasteiger partial charge in [-0.2, -0.15) is 0 Å². The van der Waals surface area contributed by atoms with Crippen molar-refractivity contribution in [2.45, 2.75) is 0 Å². The molecule has 2 rings (SSSR count). The summed E-state index contributed by atoms with van der Waals surface area (Å²) in [4.78, 5) is 15.4. The highest BCUT2D eigenvalue weighted by Crippen LogP contribution is 2.07. The van der Waals surface area contributed by atoms with E-state index in [-0.39, 0.29) is 11.4 Å². The van der Waals surface area contributed by atoms with Gasteiger partial charge in [0.15, 0.2) is 0 Å². The maximum absolute atomic E-state index is 12.7. The lowest BCUT2D eigenvalue weighted by Gasteiger charge is -1.99. The summed E-state index contributed by atoms with van der Waals surface area (Å²) in [6.07, 6.45) is 1.38.